The Bertz CT molecular complexity index is 662. The molecule has 2 aromatic rings. The molecule has 0 aliphatic rings. The first-order chi connectivity index (χ1) is 8.08. The molecule has 0 spiro atoms. The second kappa shape index (κ2) is 5.98. The summed E-state index contributed by atoms with van der Waals surface area (Å²) in [6.45, 7) is 0. The fourth-order valence-corrected chi connectivity index (χ4v) is 1.82. The van der Waals surface area contributed by atoms with Gasteiger partial charge in [0.05, 0.1) is 10.3 Å². The molecule has 0 N–H and O–H groups in total. The Morgan fingerprint density at radius 2 is 1.89 bits per heavy atom. The number of hydrogen-bond acceptors (Lipinski definition) is 5. The molecule has 0 saturated carbocycles. The molecule has 2 rings (SSSR count). The molecule has 0 aliphatic heterocycles. The van der Waals surface area contributed by atoms with E-state index in [1.807, 2.05) is 0 Å². The van der Waals surface area contributed by atoms with Crippen LogP contribution in [0.2, 0.25) is 0 Å². The largest absolute Gasteiger partial charge is 0.384 e. The average Bonchev–Trinajstić information content (AvgIpc) is 2.27. The van der Waals surface area contributed by atoms with Crippen LogP contribution in [-0.2, 0) is 11.0 Å². The second-order valence-corrected chi connectivity index (χ2v) is 3.86. The lowest BCUT2D eigenvalue weighted by atomic mass is 10.1. The third-order valence-corrected chi connectivity index (χ3v) is 2.57. The first-order valence-corrected chi connectivity index (χ1v) is 5.67. The zero-order chi connectivity index (χ0) is 12.4. The van der Waals surface area contributed by atoms with E-state index in [1.165, 1.54) is 18.2 Å². The number of thiol groups is 1. The van der Waals surface area contributed by atoms with Crippen LogP contribution in [0.15, 0.2) is 36.4 Å². The molecule has 6 nitrogen and oxygen atoms in total. The van der Waals surface area contributed by atoms with E-state index in [9.17, 15) is 18.5 Å². The van der Waals surface area contributed by atoms with Crippen LogP contribution < -0.4 is 4.18 Å². The topological polar surface area (TPSA) is 86.5 Å². The highest BCUT2D eigenvalue weighted by molar-refractivity contribution is 7.67. The summed E-state index contributed by atoms with van der Waals surface area (Å²) in [7, 11) is -3.03. The van der Waals surface area contributed by atoms with Crippen LogP contribution in [0.4, 0.5) is 5.69 Å². The van der Waals surface area contributed by atoms with Crippen molar-refractivity contribution in [3.8, 4) is 5.75 Å². The molecule has 0 fully saturated rings. The summed E-state index contributed by atoms with van der Waals surface area (Å²) in [5.74, 6) is 0.0583. The van der Waals surface area contributed by atoms with Crippen LogP contribution in [-0.4, -0.2) is 36.4 Å². The van der Waals surface area contributed by atoms with Gasteiger partial charge in [0.1, 0.15) is 5.75 Å². The van der Waals surface area contributed by atoms with Gasteiger partial charge in [0.2, 0.25) is 0 Å². The van der Waals surface area contributed by atoms with E-state index in [2.05, 4.69) is 4.18 Å². The third kappa shape index (κ3) is 3.09. The van der Waals surface area contributed by atoms with Crippen molar-refractivity contribution in [1.82, 2.24) is 0 Å². The maximum Gasteiger partial charge on any atom is 0.316 e. The van der Waals surface area contributed by atoms with Crippen LogP contribution in [0.25, 0.3) is 10.8 Å². The molecule has 18 heavy (non-hydrogen) atoms. The van der Waals surface area contributed by atoms with Gasteiger partial charge in [-0.25, -0.2) is 0 Å². The Hall–Kier alpha value is -1.38. The molecule has 0 saturated heterocycles. The first-order valence-electron chi connectivity index (χ1n) is 4.57. The quantitative estimate of drug-likeness (QED) is 0.387. The van der Waals surface area contributed by atoms with E-state index in [-0.39, 0.29) is 34.5 Å². The highest BCUT2D eigenvalue weighted by Crippen LogP contribution is 2.28. The van der Waals surface area contributed by atoms with Gasteiger partial charge in [-0.2, -0.15) is 8.42 Å². The average molecular weight is 280 g/mol. The summed E-state index contributed by atoms with van der Waals surface area (Å²) in [6, 6.07) is 8.95. The van der Waals surface area contributed by atoms with Gasteiger partial charge in [0.25, 0.3) is 16.7 Å². The highest BCUT2D eigenvalue weighted by Gasteiger charge is 2.11. The van der Waals surface area contributed by atoms with Crippen LogP contribution >= 0.6 is 0 Å². The predicted octanol–water partition coefficient (Wildman–Crippen LogP) is 0.737. The van der Waals surface area contributed by atoms with Crippen molar-refractivity contribution < 1.29 is 17.5 Å². The van der Waals surface area contributed by atoms with Gasteiger partial charge in [-0.05, 0) is 17.5 Å². The van der Waals surface area contributed by atoms with Crippen LogP contribution in [0.5, 0.6) is 5.75 Å². The number of rotatable bonds is 3. The lowest BCUT2D eigenvalue weighted by molar-refractivity contribution is -0.383. The van der Waals surface area contributed by atoms with Gasteiger partial charge in [-0.1, -0.05) is 18.2 Å². The summed E-state index contributed by atoms with van der Waals surface area (Å²) in [5.41, 5.74) is -0.0888. The minimum absolute atomic E-state index is 0. The number of benzene rings is 2. The van der Waals surface area contributed by atoms with Crippen molar-refractivity contribution in [3.63, 3.8) is 0 Å². The molecular weight excluding hydrogens is 270 g/mol. The fraction of sp³-hybridized carbons (Fsp3) is 0. The number of hydrogen-bond donors (Lipinski definition) is 1. The van der Waals surface area contributed by atoms with Crippen molar-refractivity contribution in [2.24, 2.45) is 0 Å². The van der Waals surface area contributed by atoms with E-state index < -0.39 is 15.9 Å². The van der Waals surface area contributed by atoms with Crippen molar-refractivity contribution in [2.75, 3.05) is 0 Å². The number of nitrogens with zero attached hydrogens (tertiary/aromatic N) is 1. The van der Waals surface area contributed by atoms with Gasteiger partial charge in [0, 0.05) is 6.07 Å². The van der Waals surface area contributed by atoms with Gasteiger partial charge < -0.3 is 4.18 Å². The normalized spacial score (nSPS) is 10.1. The van der Waals surface area contributed by atoms with Gasteiger partial charge in [-0.3, -0.25) is 10.1 Å². The fourth-order valence-electron chi connectivity index (χ4n) is 1.54. The van der Waals surface area contributed by atoms with Gasteiger partial charge >= 0.3 is 23.1 Å². The second-order valence-electron chi connectivity index (χ2n) is 3.23. The number of nitro groups is 1. The molecule has 0 atom stereocenters. The zero-order valence-electron chi connectivity index (χ0n) is 8.40. The van der Waals surface area contributed by atoms with E-state index in [4.69, 9.17) is 0 Å². The Kier molecular flexibility index (Phi) is 4.88. The lowest BCUT2D eigenvalue weighted by Crippen LogP contribution is -1.92. The molecule has 0 heterocycles. The van der Waals surface area contributed by atoms with E-state index in [0.717, 1.165) is 0 Å². The Morgan fingerprint density at radius 3 is 2.50 bits per heavy atom. The maximum absolute atomic E-state index is 10.8. The Morgan fingerprint density at radius 1 is 1.17 bits per heavy atom. The SMILES string of the molecule is O=[N+]([O-])c1cccc2ccc(O[SH](=O)=O)cc12.[MgH2]. The third-order valence-electron chi connectivity index (χ3n) is 2.21. The minimum atomic E-state index is -3.03. The van der Waals surface area contributed by atoms with E-state index in [0.29, 0.717) is 10.8 Å². The summed E-state index contributed by atoms with van der Waals surface area (Å²) < 4.78 is 25.3. The first kappa shape index (κ1) is 14.7. The minimum Gasteiger partial charge on any atom is -0.384 e. The molecule has 0 radical (unpaired) electrons. The molecule has 0 bridgehead atoms. The van der Waals surface area contributed by atoms with Crippen molar-refractivity contribution in [3.05, 3.63) is 46.5 Å². The molecule has 0 aliphatic carbocycles. The van der Waals surface area contributed by atoms with Crippen LogP contribution in [0, 0.1) is 10.1 Å². The standard InChI is InChI=1S/C10H7NO5S.Mg.2H/c12-11(13)10-3-1-2-7-4-5-8(6-9(7)10)16-17(14)15;;;/h1-6,17H;;;. The molecule has 0 amide bonds. The van der Waals surface area contributed by atoms with E-state index in [1.54, 1.807) is 18.2 Å². The molecule has 0 unspecified atom stereocenters. The van der Waals surface area contributed by atoms with Crippen LogP contribution in [0.3, 0.4) is 0 Å². The van der Waals surface area contributed by atoms with Crippen molar-refractivity contribution in [1.29, 1.82) is 0 Å². The molecule has 2 aromatic carbocycles. The monoisotopic (exact) mass is 279 g/mol. The number of non-ortho nitro benzene ring substituents is 1. The van der Waals surface area contributed by atoms with Gasteiger partial charge in [0.15, 0.2) is 0 Å². The highest BCUT2D eigenvalue weighted by atomic mass is 32.2. The van der Waals surface area contributed by atoms with Crippen molar-refractivity contribution in [2.45, 2.75) is 0 Å². The molecule has 0 aromatic heterocycles. The summed E-state index contributed by atoms with van der Waals surface area (Å²) in [5, 5.41) is 11.8. The summed E-state index contributed by atoms with van der Waals surface area (Å²) in [6.07, 6.45) is 0. The molecular formula is C10H9MgNO5S. The molecule has 92 valence electrons. The van der Waals surface area contributed by atoms with Gasteiger partial charge in [-0.15, -0.1) is 0 Å². The predicted molar refractivity (Wildman–Crippen MR) is 70.1 cm³/mol. The van der Waals surface area contributed by atoms with E-state index >= 15 is 0 Å². The summed E-state index contributed by atoms with van der Waals surface area (Å²) >= 11 is 0. The number of nitro benzene ring substituents is 1. The Balaban J connectivity index is 0.00000162. The lowest BCUT2D eigenvalue weighted by Gasteiger charge is -2.01. The van der Waals surface area contributed by atoms with Crippen LogP contribution in [0.1, 0.15) is 0 Å². The smallest absolute Gasteiger partial charge is 0.316 e. The van der Waals surface area contributed by atoms with Crippen molar-refractivity contribution >= 4 is 50.5 Å². The number of fused-ring (bicyclic) bond motifs is 1. The maximum atomic E-state index is 10.8. The summed E-state index contributed by atoms with van der Waals surface area (Å²) in [4.78, 5) is 10.3. The zero-order valence-corrected chi connectivity index (χ0v) is 9.29. The molecule has 8 heteroatoms. The Labute approximate surface area is 120 Å².